The highest BCUT2D eigenvalue weighted by Crippen LogP contribution is 2.19. The number of aryl methyl sites for hydroxylation is 1. The van der Waals surface area contributed by atoms with Crippen LogP contribution in [0.15, 0.2) is 17.5 Å². The minimum atomic E-state index is -1.08. The molecule has 0 aliphatic heterocycles. The molecule has 1 N–H and O–H groups in total. The number of carbonyl (C=O) groups excluding carboxylic acids is 2. The molecule has 0 saturated carbocycles. The molecule has 1 rings (SSSR count). The molecular formula is C13H19NO4S. The van der Waals surface area contributed by atoms with E-state index in [1.165, 1.54) is 7.11 Å². The number of hydrogen-bond donors (Lipinski definition) is 1. The van der Waals surface area contributed by atoms with Gasteiger partial charge >= 0.3 is 12.1 Å². The smallest absolute Gasteiger partial charge is 0.407 e. The van der Waals surface area contributed by atoms with Crippen LogP contribution in [0.1, 0.15) is 25.1 Å². The first-order valence-corrected chi connectivity index (χ1v) is 6.95. The van der Waals surface area contributed by atoms with Crippen LogP contribution in [0.4, 0.5) is 4.79 Å². The summed E-state index contributed by atoms with van der Waals surface area (Å²) in [6.45, 7) is 3.65. The van der Waals surface area contributed by atoms with E-state index in [1.54, 1.807) is 25.2 Å². The molecule has 0 radical (unpaired) electrons. The summed E-state index contributed by atoms with van der Waals surface area (Å²) in [6.07, 6.45) is 0.514. The van der Waals surface area contributed by atoms with Crippen LogP contribution in [0.25, 0.3) is 0 Å². The van der Waals surface area contributed by atoms with E-state index in [1.807, 2.05) is 17.5 Å². The van der Waals surface area contributed by atoms with Crippen LogP contribution in [-0.2, 0) is 20.7 Å². The summed E-state index contributed by atoms with van der Waals surface area (Å²) >= 11 is 1.62. The Morgan fingerprint density at radius 2 is 2.21 bits per heavy atom. The molecule has 0 spiro atoms. The Bertz CT molecular complexity index is 418. The molecule has 0 fully saturated rings. The third kappa shape index (κ3) is 4.55. The van der Waals surface area contributed by atoms with Crippen molar-refractivity contribution in [3.63, 3.8) is 0 Å². The highest BCUT2D eigenvalue weighted by atomic mass is 32.1. The largest absolute Gasteiger partial charge is 0.464 e. The van der Waals surface area contributed by atoms with Gasteiger partial charge in [0.25, 0.3) is 0 Å². The fourth-order valence-electron chi connectivity index (χ4n) is 1.61. The number of esters is 1. The van der Waals surface area contributed by atoms with Crippen LogP contribution < -0.4 is 5.32 Å². The number of methoxy groups -OCH3 is 1. The number of alkyl carbamates (subject to hydrolysis) is 1. The maximum absolute atomic E-state index is 12.0. The van der Waals surface area contributed by atoms with Gasteiger partial charge in [-0.05, 0) is 38.1 Å². The van der Waals surface area contributed by atoms with Gasteiger partial charge in [0.15, 0.2) is 0 Å². The molecule has 1 atom stereocenters. The summed E-state index contributed by atoms with van der Waals surface area (Å²) in [5.74, 6) is -0.447. The maximum Gasteiger partial charge on any atom is 0.407 e. The second-order valence-electron chi connectivity index (χ2n) is 4.25. The molecule has 106 valence electrons. The van der Waals surface area contributed by atoms with Crippen molar-refractivity contribution in [2.45, 2.75) is 32.2 Å². The van der Waals surface area contributed by atoms with Crippen LogP contribution in [-0.4, -0.2) is 31.3 Å². The molecule has 5 nitrogen and oxygen atoms in total. The van der Waals surface area contributed by atoms with Crippen molar-refractivity contribution in [1.82, 2.24) is 5.32 Å². The summed E-state index contributed by atoms with van der Waals surface area (Å²) in [4.78, 5) is 24.5. The van der Waals surface area contributed by atoms with E-state index >= 15 is 0 Å². The van der Waals surface area contributed by atoms with E-state index in [9.17, 15) is 9.59 Å². The zero-order valence-electron chi connectivity index (χ0n) is 11.4. The summed E-state index contributed by atoms with van der Waals surface area (Å²) in [5.41, 5.74) is -1.08. The fraction of sp³-hybridized carbons (Fsp3) is 0.538. The molecule has 0 aromatic carbocycles. The summed E-state index contributed by atoms with van der Waals surface area (Å²) in [7, 11) is 1.26. The van der Waals surface area contributed by atoms with E-state index < -0.39 is 17.6 Å². The normalized spacial score (nSPS) is 13.4. The van der Waals surface area contributed by atoms with Gasteiger partial charge in [0.1, 0.15) is 5.54 Å². The molecule has 0 aliphatic carbocycles. The van der Waals surface area contributed by atoms with Crippen molar-refractivity contribution in [2.75, 3.05) is 13.7 Å². The fourth-order valence-corrected chi connectivity index (χ4v) is 2.32. The number of rotatable bonds is 6. The van der Waals surface area contributed by atoms with Crippen molar-refractivity contribution in [2.24, 2.45) is 0 Å². The Labute approximate surface area is 116 Å². The molecule has 19 heavy (non-hydrogen) atoms. The molecule has 6 heteroatoms. The molecular weight excluding hydrogens is 266 g/mol. The lowest BCUT2D eigenvalue weighted by Gasteiger charge is -2.27. The van der Waals surface area contributed by atoms with Gasteiger partial charge in [0.2, 0.25) is 0 Å². The molecule has 1 unspecified atom stereocenters. The summed E-state index contributed by atoms with van der Waals surface area (Å²) in [5, 5.41) is 4.54. The first-order valence-electron chi connectivity index (χ1n) is 6.07. The van der Waals surface area contributed by atoms with Gasteiger partial charge in [0, 0.05) is 4.88 Å². The summed E-state index contributed by atoms with van der Waals surface area (Å²) in [6, 6.07) is 3.95. The Kier molecular flexibility index (Phi) is 5.82. The zero-order chi connectivity index (χ0) is 14.3. The van der Waals surface area contributed by atoms with E-state index in [2.05, 4.69) is 10.1 Å². The average Bonchev–Trinajstić information content (AvgIpc) is 2.89. The Balaban J connectivity index is 2.72. The quantitative estimate of drug-likeness (QED) is 0.815. The topological polar surface area (TPSA) is 64.6 Å². The van der Waals surface area contributed by atoms with Gasteiger partial charge in [-0.1, -0.05) is 6.07 Å². The second kappa shape index (κ2) is 7.13. The summed E-state index contributed by atoms with van der Waals surface area (Å²) < 4.78 is 9.57. The molecule has 1 heterocycles. The average molecular weight is 285 g/mol. The van der Waals surface area contributed by atoms with E-state index in [4.69, 9.17) is 4.74 Å². The lowest BCUT2D eigenvalue weighted by molar-refractivity contribution is -0.150. The first kappa shape index (κ1) is 15.5. The molecule has 1 aromatic rings. The third-order valence-corrected chi connectivity index (χ3v) is 3.68. The molecule has 0 saturated heterocycles. The van der Waals surface area contributed by atoms with Crippen LogP contribution in [0.3, 0.4) is 0 Å². The lowest BCUT2D eigenvalue weighted by atomic mass is 9.95. The Morgan fingerprint density at radius 3 is 2.74 bits per heavy atom. The standard InChI is InChI=1S/C13H19NO4S/c1-4-18-11(15)13(2,14-12(16)17-3)8-7-10-6-5-9-19-10/h5-6,9H,4,7-8H2,1-3H3,(H,14,16). The number of nitrogens with one attached hydrogen (secondary N) is 1. The molecule has 1 aromatic heterocycles. The number of amides is 1. The van der Waals surface area contributed by atoms with Crippen LogP contribution in [0.5, 0.6) is 0 Å². The van der Waals surface area contributed by atoms with Crippen LogP contribution in [0, 0.1) is 0 Å². The minimum Gasteiger partial charge on any atom is -0.464 e. The van der Waals surface area contributed by atoms with Crippen LogP contribution >= 0.6 is 11.3 Å². The van der Waals surface area contributed by atoms with Gasteiger partial charge < -0.3 is 14.8 Å². The number of hydrogen-bond acceptors (Lipinski definition) is 5. The Morgan fingerprint density at radius 1 is 1.47 bits per heavy atom. The molecule has 0 bridgehead atoms. The lowest BCUT2D eigenvalue weighted by Crippen LogP contribution is -2.53. The van der Waals surface area contributed by atoms with Crippen molar-refractivity contribution in [1.29, 1.82) is 0 Å². The van der Waals surface area contributed by atoms with E-state index in [0.29, 0.717) is 12.8 Å². The Hall–Kier alpha value is -1.56. The van der Waals surface area contributed by atoms with Crippen molar-refractivity contribution < 1.29 is 19.1 Å². The number of ether oxygens (including phenoxy) is 2. The van der Waals surface area contributed by atoms with Crippen molar-refractivity contribution in [3.8, 4) is 0 Å². The van der Waals surface area contributed by atoms with Crippen molar-refractivity contribution in [3.05, 3.63) is 22.4 Å². The molecule has 0 aliphatic rings. The van der Waals surface area contributed by atoms with Crippen LogP contribution in [0.2, 0.25) is 0 Å². The third-order valence-electron chi connectivity index (χ3n) is 2.74. The van der Waals surface area contributed by atoms with E-state index in [0.717, 1.165) is 4.88 Å². The van der Waals surface area contributed by atoms with Gasteiger partial charge in [0.05, 0.1) is 13.7 Å². The highest BCUT2D eigenvalue weighted by molar-refractivity contribution is 7.09. The molecule has 1 amide bonds. The maximum atomic E-state index is 12.0. The minimum absolute atomic E-state index is 0.274. The predicted molar refractivity (Wildman–Crippen MR) is 73.2 cm³/mol. The van der Waals surface area contributed by atoms with Gasteiger partial charge in [-0.3, -0.25) is 0 Å². The number of carbonyl (C=O) groups is 2. The monoisotopic (exact) mass is 285 g/mol. The predicted octanol–water partition coefficient (Wildman–Crippen LogP) is 2.36. The van der Waals surface area contributed by atoms with Gasteiger partial charge in [-0.2, -0.15) is 0 Å². The highest BCUT2D eigenvalue weighted by Gasteiger charge is 2.36. The van der Waals surface area contributed by atoms with Gasteiger partial charge in [-0.25, -0.2) is 9.59 Å². The van der Waals surface area contributed by atoms with E-state index in [-0.39, 0.29) is 6.61 Å². The second-order valence-corrected chi connectivity index (χ2v) is 5.28. The SMILES string of the molecule is CCOC(=O)C(C)(CCc1cccs1)NC(=O)OC. The van der Waals surface area contributed by atoms with Crippen molar-refractivity contribution >= 4 is 23.4 Å². The van der Waals surface area contributed by atoms with Gasteiger partial charge in [-0.15, -0.1) is 11.3 Å². The first-order chi connectivity index (χ1) is 9.01. The zero-order valence-corrected chi connectivity index (χ0v) is 12.2. The number of thiophene rings is 1.